The minimum absolute atomic E-state index is 0.446. The van der Waals surface area contributed by atoms with E-state index in [0.717, 1.165) is 37.7 Å². The van der Waals surface area contributed by atoms with E-state index in [-0.39, 0.29) is 0 Å². The van der Waals surface area contributed by atoms with E-state index in [4.69, 9.17) is 9.47 Å². The molecule has 0 saturated heterocycles. The molecule has 0 rings (SSSR count). The van der Waals surface area contributed by atoms with Gasteiger partial charge in [0.05, 0.1) is 0 Å². The summed E-state index contributed by atoms with van der Waals surface area (Å²) in [6.07, 6.45) is 5.90. The number of allylic oxidation sites excluding steroid dienone is 1. The summed E-state index contributed by atoms with van der Waals surface area (Å²) in [5.74, 6) is -0.891. The topological polar surface area (TPSA) is 52.6 Å². The van der Waals surface area contributed by atoms with Crippen LogP contribution in [0.5, 0.6) is 0 Å². The molecule has 0 heterocycles. The maximum atomic E-state index is 11.0. The van der Waals surface area contributed by atoms with Crippen molar-refractivity contribution in [3.63, 3.8) is 0 Å². The Morgan fingerprint density at radius 3 is 2.00 bits per heavy atom. The number of hydrogen-bond donors (Lipinski definition) is 0. The summed E-state index contributed by atoms with van der Waals surface area (Å²) in [6, 6.07) is 0. The van der Waals surface area contributed by atoms with Crippen LogP contribution in [0.4, 0.5) is 0 Å². The van der Waals surface area contributed by atoms with Crippen LogP contribution in [0.1, 0.15) is 59.8 Å². The van der Waals surface area contributed by atoms with Gasteiger partial charge in [-0.3, -0.25) is 9.59 Å². The van der Waals surface area contributed by atoms with Gasteiger partial charge in [-0.05, 0) is 12.8 Å². The molecule has 0 aliphatic rings. The third-order valence-corrected chi connectivity index (χ3v) is 2.35. The Morgan fingerprint density at radius 2 is 1.61 bits per heavy atom. The molecule has 0 spiro atoms. The van der Waals surface area contributed by atoms with Gasteiger partial charge in [-0.1, -0.05) is 39.2 Å². The zero-order valence-corrected chi connectivity index (χ0v) is 11.8. The number of rotatable bonds is 8. The van der Waals surface area contributed by atoms with E-state index in [1.54, 1.807) is 0 Å². The van der Waals surface area contributed by atoms with Gasteiger partial charge in [-0.25, -0.2) is 0 Å². The lowest BCUT2D eigenvalue weighted by molar-refractivity contribution is -0.178. The Labute approximate surface area is 109 Å². The van der Waals surface area contributed by atoms with E-state index in [0.29, 0.717) is 0 Å². The molecule has 0 amide bonds. The van der Waals surface area contributed by atoms with E-state index in [9.17, 15) is 9.59 Å². The molecular weight excluding hydrogens is 232 g/mol. The molecule has 0 saturated carbocycles. The zero-order chi connectivity index (χ0) is 14.0. The highest BCUT2D eigenvalue weighted by molar-refractivity contribution is 5.68. The van der Waals surface area contributed by atoms with Crippen molar-refractivity contribution in [2.75, 3.05) is 0 Å². The van der Waals surface area contributed by atoms with E-state index in [1.165, 1.54) is 13.8 Å². The average molecular weight is 256 g/mol. The molecule has 0 N–H and O–H groups in total. The molecule has 104 valence electrons. The molecule has 4 nitrogen and oxygen atoms in total. The molecule has 0 aliphatic heterocycles. The van der Waals surface area contributed by atoms with Crippen LogP contribution in [0.2, 0.25) is 0 Å². The maximum Gasteiger partial charge on any atom is 0.305 e. The smallest absolute Gasteiger partial charge is 0.305 e. The monoisotopic (exact) mass is 256 g/mol. The summed E-state index contributed by atoms with van der Waals surface area (Å²) in [7, 11) is 0. The van der Waals surface area contributed by atoms with Crippen molar-refractivity contribution >= 4 is 11.9 Å². The minimum Gasteiger partial charge on any atom is -0.421 e. The van der Waals surface area contributed by atoms with Gasteiger partial charge in [0.2, 0.25) is 0 Å². The third kappa shape index (κ3) is 7.87. The molecule has 0 aromatic carbocycles. The van der Waals surface area contributed by atoms with Gasteiger partial charge in [0.15, 0.2) is 0 Å². The number of esters is 2. The van der Waals surface area contributed by atoms with Crippen LogP contribution in [-0.2, 0) is 19.1 Å². The predicted molar refractivity (Wildman–Crippen MR) is 69.8 cm³/mol. The first-order valence-corrected chi connectivity index (χ1v) is 6.54. The highest BCUT2D eigenvalue weighted by Gasteiger charge is 2.19. The summed E-state index contributed by atoms with van der Waals surface area (Å²) in [4.78, 5) is 22.1. The second-order valence-corrected chi connectivity index (χ2v) is 4.22. The van der Waals surface area contributed by atoms with Crippen molar-refractivity contribution in [1.29, 1.82) is 0 Å². The Bertz CT molecular complexity index is 278. The first-order valence-electron chi connectivity index (χ1n) is 6.54. The van der Waals surface area contributed by atoms with Gasteiger partial charge >= 0.3 is 11.9 Å². The fraction of sp³-hybridized carbons (Fsp3) is 0.714. The van der Waals surface area contributed by atoms with Crippen molar-refractivity contribution < 1.29 is 19.1 Å². The van der Waals surface area contributed by atoms with Gasteiger partial charge in [0.25, 0.3) is 6.29 Å². The first-order chi connectivity index (χ1) is 8.51. The van der Waals surface area contributed by atoms with E-state index in [1.807, 2.05) is 13.0 Å². The van der Waals surface area contributed by atoms with Crippen LogP contribution in [0.15, 0.2) is 11.6 Å². The van der Waals surface area contributed by atoms with Gasteiger partial charge in [0.1, 0.15) is 0 Å². The van der Waals surface area contributed by atoms with Crippen molar-refractivity contribution in [3.8, 4) is 0 Å². The summed E-state index contributed by atoms with van der Waals surface area (Å²) in [5, 5.41) is 0. The van der Waals surface area contributed by atoms with Crippen molar-refractivity contribution in [3.05, 3.63) is 11.6 Å². The van der Waals surface area contributed by atoms with Gasteiger partial charge in [0, 0.05) is 19.4 Å². The Balaban J connectivity index is 4.76. The minimum atomic E-state index is -0.864. The summed E-state index contributed by atoms with van der Waals surface area (Å²) in [6.45, 7) is 6.77. The Kier molecular flexibility index (Phi) is 8.97. The Hall–Kier alpha value is -1.32. The second-order valence-electron chi connectivity index (χ2n) is 4.22. The second kappa shape index (κ2) is 9.68. The van der Waals surface area contributed by atoms with E-state index < -0.39 is 18.2 Å². The lowest BCUT2D eigenvalue weighted by Gasteiger charge is -2.19. The largest absolute Gasteiger partial charge is 0.421 e. The van der Waals surface area contributed by atoms with E-state index >= 15 is 0 Å². The van der Waals surface area contributed by atoms with Crippen LogP contribution < -0.4 is 0 Å². The highest BCUT2D eigenvalue weighted by atomic mass is 16.7. The molecule has 0 aliphatic carbocycles. The highest BCUT2D eigenvalue weighted by Crippen LogP contribution is 2.17. The molecule has 18 heavy (non-hydrogen) atoms. The van der Waals surface area contributed by atoms with Crippen LogP contribution in [0.25, 0.3) is 0 Å². The number of carbonyl (C=O) groups is 2. The van der Waals surface area contributed by atoms with Crippen LogP contribution in [0, 0.1) is 0 Å². The van der Waals surface area contributed by atoms with Crippen molar-refractivity contribution in [1.82, 2.24) is 0 Å². The van der Waals surface area contributed by atoms with Gasteiger partial charge in [-0.15, -0.1) is 0 Å². The van der Waals surface area contributed by atoms with Crippen LogP contribution in [-0.4, -0.2) is 18.2 Å². The number of hydrogen-bond acceptors (Lipinski definition) is 4. The number of unbranched alkanes of at least 4 members (excludes halogenated alkanes) is 2. The van der Waals surface area contributed by atoms with E-state index in [2.05, 4.69) is 6.92 Å². The number of carbonyl (C=O) groups excluding carboxylic acids is 2. The van der Waals surface area contributed by atoms with Gasteiger partial charge < -0.3 is 9.47 Å². The normalized spacial score (nSPS) is 11.5. The summed E-state index contributed by atoms with van der Waals surface area (Å²) >= 11 is 0. The summed E-state index contributed by atoms with van der Waals surface area (Å²) < 4.78 is 10.1. The molecule has 0 atom stereocenters. The van der Waals surface area contributed by atoms with Crippen LogP contribution in [0.3, 0.4) is 0 Å². The first kappa shape index (κ1) is 16.7. The van der Waals surface area contributed by atoms with Gasteiger partial charge in [-0.2, -0.15) is 0 Å². The molecular formula is C14H24O4. The standard InChI is InChI=1S/C14H24O4/c1-5-7-8-10-13(9-6-2)14(17-11(3)15)18-12(4)16/h10,14H,5-9H2,1-4H3/b13-10+. The quantitative estimate of drug-likeness (QED) is 0.289. The molecule has 0 bridgehead atoms. The number of ether oxygens (including phenoxy) is 2. The molecule has 4 heteroatoms. The fourth-order valence-corrected chi connectivity index (χ4v) is 1.57. The van der Waals surface area contributed by atoms with Crippen molar-refractivity contribution in [2.45, 2.75) is 66.1 Å². The molecule has 0 unspecified atom stereocenters. The average Bonchev–Trinajstić information content (AvgIpc) is 2.26. The SMILES string of the molecule is CCCC/C=C(\CCC)C(OC(C)=O)OC(C)=O. The summed E-state index contributed by atoms with van der Waals surface area (Å²) in [5.41, 5.74) is 0.872. The molecule has 0 radical (unpaired) electrons. The fourth-order valence-electron chi connectivity index (χ4n) is 1.57. The lowest BCUT2D eigenvalue weighted by atomic mass is 10.1. The van der Waals surface area contributed by atoms with Crippen molar-refractivity contribution in [2.24, 2.45) is 0 Å². The maximum absolute atomic E-state index is 11.0. The zero-order valence-electron chi connectivity index (χ0n) is 11.8. The molecule has 0 fully saturated rings. The van der Waals surface area contributed by atoms with Crippen LogP contribution >= 0.6 is 0 Å². The predicted octanol–water partition coefficient (Wildman–Crippen LogP) is 3.36. The molecule has 0 aromatic rings. The molecule has 0 aromatic heterocycles. The lowest BCUT2D eigenvalue weighted by Crippen LogP contribution is -2.24. The Morgan fingerprint density at radius 1 is 1.06 bits per heavy atom. The third-order valence-electron chi connectivity index (χ3n) is 2.35.